The van der Waals surface area contributed by atoms with Crippen LogP contribution in [0, 0.1) is 10.8 Å². The first kappa shape index (κ1) is 18.1. The van der Waals surface area contributed by atoms with Gasteiger partial charge in [0.15, 0.2) is 5.78 Å². The first-order chi connectivity index (χ1) is 12.5. The molecule has 2 N–H and O–H groups in total. The van der Waals surface area contributed by atoms with Crippen LogP contribution in [0.3, 0.4) is 0 Å². The van der Waals surface area contributed by atoms with Crippen LogP contribution in [0.1, 0.15) is 38.7 Å². The van der Waals surface area contributed by atoms with Crippen molar-refractivity contribution in [1.29, 1.82) is 0 Å². The Bertz CT molecular complexity index is 849. The first-order valence-electron chi connectivity index (χ1n) is 9.29. The van der Waals surface area contributed by atoms with E-state index >= 15 is 0 Å². The molecule has 0 radical (unpaired) electrons. The summed E-state index contributed by atoms with van der Waals surface area (Å²) in [4.78, 5) is 27.0. The fourth-order valence-electron chi connectivity index (χ4n) is 5.08. The number of carbonyl (C=O) groups excluding carboxylic acids is 2. The molecule has 2 fully saturated rings. The maximum atomic E-state index is 14.4. The Kier molecular flexibility index (Phi) is 3.62. The predicted octanol–water partition coefficient (Wildman–Crippen LogP) is 3.02. The van der Waals surface area contributed by atoms with E-state index < -0.39 is 34.5 Å². The van der Waals surface area contributed by atoms with Gasteiger partial charge in [-0.15, -0.1) is 0 Å². The Labute approximate surface area is 157 Å². The maximum Gasteiger partial charge on any atom is 0.268 e. The highest BCUT2D eigenvalue weighted by Crippen LogP contribution is 2.63. The van der Waals surface area contributed by atoms with E-state index in [0.29, 0.717) is 31.5 Å². The second-order valence-electron chi connectivity index (χ2n) is 8.98. The molecule has 1 spiro atoms. The molecule has 2 aliphatic carbocycles. The number of allylic oxidation sites excluding steroid dienone is 1. The molecular formula is C21H24F2N2O2. The molecule has 1 amide bonds. The molecule has 6 heteroatoms. The lowest BCUT2D eigenvalue weighted by molar-refractivity contribution is -0.136. The molecule has 3 aliphatic rings. The van der Waals surface area contributed by atoms with Crippen LogP contribution in [0.25, 0.3) is 0 Å². The van der Waals surface area contributed by atoms with E-state index in [1.165, 1.54) is 0 Å². The van der Waals surface area contributed by atoms with Gasteiger partial charge in [0.1, 0.15) is 5.41 Å². The van der Waals surface area contributed by atoms with Gasteiger partial charge in [-0.2, -0.15) is 0 Å². The van der Waals surface area contributed by atoms with Crippen molar-refractivity contribution in [3.8, 4) is 0 Å². The summed E-state index contributed by atoms with van der Waals surface area (Å²) in [7, 11) is 0. The molecular weight excluding hydrogens is 350 g/mol. The van der Waals surface area contributed by atoms with Gasteiger partial charge in [0, 0.05) is 30.3 Å². The van der Waals surface area contributed by atoms with Crippen LogP contribution in [0.5, 0.6) is 0 Å². The van der Waals surface area contributed by atoms with Gasteiger partial charge in [0.05, 0.1) is 5.70 Å². The van der Waals surface area contributed by atoms with Crippen LogP contribution in [-0.2, 0) is 15.0 Å². The summed E-state index contributed by atoms with van der Waals surface area (Å²) in [6, 6.07) is 8.32. The molecule has 1 unspecified atom stereocenters. The van der Waals surface area contributed by atoms with Crippen molar-refractivity contribution in [2.24, 2.45) is 16.6 Å². The van der Waals surface area contributed by atoms with Crippen molar-refractivity contribution in [1.82, 2.24) is 4.90 Å². The summed E-state index contributed by atoms with van der Waals surface area (Å²) in [5.41, 5.74) is 3.75. The molecule has 1 saturated carbocycles. The maximum absolute atomic E-state index is 14.4. The molecule has 1 saturated heterocycles. The van der Waals surface area contributed by atoms with E-state index in [1.807, 2.05) is 13.8 Å². The quantitative estimate of drug-likeness (QED) is 0.866. The van der Waals surface area contributed by atoms with Crippen LogP contribution in [0.15, 0.2) is 42.1 Å². The second-order valence-corrected chi connectivity index (χ2v) is 8.98. The number of carbonyl (C=O) groups is 2. The molecule has 4 nitrogen and oxygen atoms in total. The number of nitrogens with two attached hydrogens (primary N) is 1. The Morgan fingerprint density at radius 3 is 2.33 bits per heavy atom. The van der Waals surface area contributed by atoms with Gasteiger partial charge in [0.2, 0.25) is 5.91 Å². The molecule has 1 aliphatic heterocycles. The van der Waals surface area contributed by atoms with Crippen LogP contribution in [0.2, 0.25) is 0 Å². The van der Waals surface area contributed by atoms with Gasteiger partial charge in [-0.1, -0.05) is 44.2 Å². The molecule has 1 heterocycles. The predicted molar refractivity (Wildman–Crippen MR) is 97.0 cm³/mol. The monoisotopic (exact) mass is 374 g/mol. The lowest BCUT2D eigenvalue weighted by atomic mass is 9.65. The van der Waals surface area contributed by atoms with E-state index in [1.54, 1.807) is 41.3 Å². The third-order valence-electron chi connectivity index (χ3n) is 6.42. The normalized spacial score (nSPS) is 33.9. The van der Waals surface area contributed by atoms with Crippen LogP contribution in [-0.4, -0.2) is 35.6 Å². The summed E-state index contributed by atoms with van der Waals surface area (Å²) in [6.45, 7) is 4.43. The highest BCUT2D eigenvalue weighted by molar-refractivity contribution is 6.00. The number of benzene rings is 1. The number of likely N-dealkylation sites (tertiary alicyclic amines) is 1. The minimum atomic E-state index is -3.03. The Balaban J connectivity index is 1.63. The third kappa shape index (κ3) is 2.52. The van der Waals surface area contributed by atoms with Gasteiger partial charge in [-0.3, -0.25) is 9.59 Å². The van der Waals surface area contributed by atoms with E-state index in [2.05, 4.69) is 0 Å². The summed E-state index contributed by atoms with van der Waals surface area (Å²) in [6.07, 6.45) is 2.51. The Hall–Kier alpha value is -2.24. The molecule has 144 valence electrons. The highest BCUT2D eigenvalue weighted by atomic mass is 19.3. The van der Waals surface area contributed by atoms with Gasteiger partial charge in [-0.25, -0.2) is 8.78 Å². The van der Waals surface area contributed by atoms with Crippen LogP contribution < -0.4 is 5.73 Å². The molecule has 2 atom stereocenters. The van der Waals surface area contributed by atoms with Crippen molar-refractivity contribution in [3.05, 3.63) is 47.7 Å². The lowest BCUT2D eigenvalue weighted by Crippen LogP contribution is -2.45. The van der Waals surface area contributed by atoms with Gasteiger partial charge >= 0.3 is 0 Å². The number of alkyl halides is 2. The molecule has 1 aromatic carbocycles. The largest absolute Gasteiger partial charge is 0.396 e. The number of Topliss-reactive ketones (excluding diaryl/α,β-unsaturated/α-hetero) is 1. The number of rotatable bonds is 2. The Morgan fingerprint density at radius 1 is 1.15 bits per heavy atom. The smallest absolute Gasteiger partial charge is 0.268 e. The number of hydrogen-bond acceptors (Lipinski definition) is 3. The van der Waals surface area contributed by atoms with E-state index in [-0.39, 0.29) is 11.5 Å². The van der Waals surface area contributed by atoms with Gasteiger partial charge in [-0.05, 0) is 24.5 Å². The standard InChI is InChI=1S/C21H24F2N2O2/c1-18(2)11-19(10-15(24)16(18)26)8-9-25(13-19)17(27)20(12-21(20,22)23)14-6-4-3-5-7-14/h3-7,10H,8-9,11-13,24H2,1-2H3/t19-,20?/m1/s1. The summed E-state index contributed by atoms with van der Waals surface area (Å²) in [5, 5.41) is 0. The number of ketones is 1. The van der Waals surface area contributed by atoms with Crippen molar-refractivity contribution >= 4 is 11.7 Å². The van der Waals surface area contributed by atoms with Gasteiger partial charge in [0.25, 0.3) is 5.92 Å². The zero-order valence-corrected chi connectivity index (χ0v) is 15.6. The van der Waals surface area contributed by atoms with E-state index in [0.717, 1.165) is 0 Å². The molecule has 0 aromatic heterocycles. The number of nitrogens with zero attached hydrogens (tertiary/aromatic N) is 1. The number of amides is 1. The Morgan fingerprint density at radius 2 is 1.78 bits per heavy atom. The fraction of sp³-hybridized carbons (Fsp3) is 0.524. The van der Waals surface area contributed by atoms with Crippen molar-refractivity contribution in [2.45, 2.75) is 44.4 Å². The molecule has 0 bridgehead atoms. The second kappa shape index (κ2) is 5.40. The van der Waals surface area contributed by atoms with E-state index in [9.17, 15) is 18.4 Å². The highest BCUT2D eigenvalue weighted by Gasteiger charge is 2.77. The number of hydrogen-bond donors (Lipinski definition) is 1. The van der Waals surface area contributed by atoms with Crippen LogP contribution in [0.4, 0.5) is 8.78 Å². The summed E-state index contributed by atoms with van der Waals surface area (Å²) in [5.74, 6) is -3.64. The lowest BCUT2D eigenvalue weighted by Gasteiger charge is -2.39. The average molecular weight is 374 g/mol. The molecule has 4 rings (SSSR count). The van der Waals surface area contributed by atoms with Crippen molar-refractivity contribution in [3.63, 3.8) is 0 Å². The third-order valence-corrected chi connectivity index (χ3v) is 6.42. The number of halogens is 2. The average Bonchev–Trinajstić information content (AvgIpc) is 2.98. The summed E-state index contributed by atoms with van der Waals surface area (Å²) >= 11 is 0. The zero-order chi connectivity index (χ0) is 19.7. The van der Waals surface area contributed by atoms with Crippen molar-refractivity contribution in [2.75, 3.05) is 13.1 Å². The minimum absolute atomic E-state index is 0.0904. The van der Waals surface area contributed by atoms with Crippen molar-refractivity contribution < 1.29 is 18.4 Å². The first-order valence-corrected chi connectivity index (χ1v) is 9.29. The van der Waals surface area contributed by atoms with Crippen LogP contribution >= 0.6 is 0 Å². The SMILES string of the molecule is CC1(C)C[C@]2(C=C(N)C1=O)CCN(C(=O)C1(c3ccccc3)CC1(F)F)C2. The van der Waals surface area contributed by atoms with Gasteiger partial charge < -0.3 is 10.6 Å². The van der Waals surface area contributed by atoms with E-state index in [4.69, 9.17) is 5.73 Å². The summed E-state index contributed by atoms with van der Waals surface area (Å²) < 4.78 is 28.8. The molecule has 1 aromatic rings. The minimum Gasteiger partial charge on any atom is -0.396 e. The molecule has 27 heavy (non-hydrogen) atoms. The topological polar surface area (TPSA) is 63.4 Å². The zero-order valence-electron chi connectivity index (χ0n) is 15.6. The fourth-order valence-corrected chi connectivity index (χ4v) is 5.08.